The Labute approximate surface area is 149 Å². The number of amides is 1. The van der Waals surface area contributed by atoms with Gasteiger partial charge in [-0.2, -0.15) is 0 Å². The van der Waals surface area contributed by atoms with Crippen molar-refractivity contribution in [3.63, 3.8) is 0 Å². The number of nitrogens with zero attached hydrogens (tertiary/aromatic N) is 2. The zero-order valence-electron chi connectivity index (χ0n) is 13.4. The molecule has 0 aliphatic heterocycles. The van der Waals surface area contributed by atoms with Crippen molar-refractivity contribution in [3.05, 3.63) is 76.5 Å². The van der Waals surface area contributed by atoms with Gasteiger partial charge < -0.3 is 9.88 Å². The smallest absolute Gasteiger partial charge is 0.246 e. The zero-order chi connectivity index (χ0) is 17.1. The highest BCUT2D eigenvalue weighted by molar-refractivity contribution is 9.10. The first kappa shape index (κ1) is 16.5. The zero-order valence-corrected chi connectivity index (χ0v) is 15.0. The van der Waals surface area contributed by atoms with E-state index >= 15 is 0 Å². The molecule has 1 N–H and O–H groups in total. The van der Waals surface area contributed by atoms with Crippen molar-refractivity contribution in [1.82, 2.24) is 14.9 Å². The minimum Gasteiger partial charge on any atom is -0.345 e. The molecule has 1 amide bonds. The number of hydrogen-bond acceptors (Lipinski definition) is 2. The summed E-state index contributed by atoms with van der Waals surface area (Å²) in [6, 6.07) is 16.2. The Morgan fingerprint density at radius 1 is 1.21 bits per heavy atom. The van der Waals surface area contributed by atoms with E-state index in [1.807, 2.05) is 36.4 Å². The molecule has 0 unspecified atom stereocenters. The van der Waals surface area contributed by atoms with Gasteiger partial charge in [0, 0.05) is 16.6 Å². The van der Waals surface area contributed by atoms with Crippen molar-refractivity contribution < 1.29 is 4.79 Å². The van der Waals surface area contributed by atoms with Crippen LogP contribution < -0.4 is 5.32 Å². The third kappa shape index (κ3) is 3.57. The van der Waals surface area contributed by atoms with Gasteiger partial charge in [-0.15, -0.1) is 0 Å². The van der Waals surface area contributed by atoms with Gasteiger partial charge >= 0.3 is 0 Å². The third-order valence-electron chi connectivity index (χ3n) is 3.78. The topological polar surface area (TPSA) is 46.9 Å². The van der Waals surface area contributed by atoms with Crippen molar-refractivity contribution in [2.75, 3.05) is 0 Å². The second kappa shape index (κ2) is 7.01. The van der Waals surface area contributed by atoms with Gasteiger partial charge in [0.15, 0.2) is 0 Å². The lowest BCUT2D eigenvalue weighted by Crippen LogP contribution is -2.25. The number of para-hydroxylation sites is 2. The van der Waals surface area contributed by atoms with Crippen LogP contribution in [0.4, 0.5) is 0 Å². The molecule has 24 heavy (non-hydrogen) atoms. The number of benzene rings is 2. The number of carbonyl (C=O) groups excluding carboxylic acids is 1. The van der Waals surface area contributed by atoms with Gasteiger partial charge in [-0.25, -0.2) is 4.98 Å². The van der Waals surface area contributed by atoms with E-state index in [4.69, 9.17) is 0 Å². The molecule has 0 aliphatic carbocycles. The summed E-state index contributed by atoms with van der Waals surface area (Å²) in [5.74, 6) is 0.672. The van der Waals surface area contributed by atoms with Gasteiger partial charge in [0.1, 0.15) is 5.82 Å². The molecule has 3 aromatic rings. The van der Waals surface area contributed by atoms with Crippen molar-refractivity contribution >= 4 is 32.9 Å². The number of fused-ring (bicyclic) bond motifs is 1. The van der Waals surface area contributed by atoms with Gasteiger partial charge in [-0.3, -0.25) is 4.79 Å². The average molecular weight is 384 g/mol. The van der Waals surface area contributed by atoms with Gasteiger partial charge in [0.25, 0.3) is 0 Å². The summed E-state index contributed by atoms with van der Waals surface area (Å²) < 4.78 is 3.19. The Hall–Kier alpha value is -2.40. The van der Waals surface area contributed by atoms with Gasteiger partial charge in [-0.1, -0.05) is 46.8 Å². The molecule has 1 aromatic heterocycles. The predicted octanol–water partition coefficient (Wildman–Crippen LogP) is 4.04. The number of aromatic nitrogens is 2. The molecule has 0 saturated heterocycles. The molecule has 1 heterocycles. The first-order valence-electron chi connectivity index (χ1n) is 7.67. The van der Waals surface area contributed by atoms with Crippen LogP contribution in [-0.2, 0) is 17.9 Å². The molecule has 0 saturated carbocycles. The van der Waals surface area contributed by atoms with Crippen LogP contribution in [0.5, 0.6) is 0 Å². The second-order valence-corrected chi connectivity index (χ2v) is 6.61. The van der Waals surface area contributed by atoms with E-state index in [1.165, 1.54) is 5.56 Å². The molecule has 0 radical (unpaired) electrons. The first-order chi connectivity index (χ1) is 11.5. The maximum Gasteiger partial charge on any atom is 0.246 e. The Kier molecular flexibility index (Phi) is 4.81. The number of imidazole rings is 1. The fraction of sp³-hybridized carbons (Fsp3) is 0.158. The van der Waals surface area contributed by atoms with E-state index in [1.54, 1.807) is 6.92 Å². The lowest BCUT2D eigenvalue weighted by atomic mass is 10.2. The lowest BCUT2D eigenvalue weighted by molar-refractivity contribution is -0.117. The Morgan fingerprint density at radius 3 is 2.62 bits per heavy atom. The minimum atomic E-state index is -0.155. The van der Waals surface area contributed by atoms with Gasteiger partial charge in [-0.05, 0) is 36.8 Å². The van der Waals surface area contributed by atoms with Crippen LogP contribution in [0.25, 0.3) is 11.0 Å². The van der Waals surface area contributed by atoms with E-state index < -0.39 is 0 Å². The SMILES string of the molecule is C=C(C)C(=O)NCc1nc2ccccc2n1Cc1ccc(Br)cc1. The van der Waals surface area contributed by atoms with E-state index in [0.717, 1.165) is 21.3 Å². The molecule has 122 valence electrons. The third-order valence-corrected chi connectivity index (χ3v) is 4.31. The number of nitrogens with one attached hydrogen (secondary N) is 1. The minimum absolute atomic E-state index is 0.155. The fourth-order valence-electron chi connectivity index (χ4n) is 2.52. The molecule has 5 heteroatoms. The molecule has 0 bridgehead atoms. The molecule has 3 rings (SSSR count). The largest absolute Gasteiger partial charge is 0.345 e. The normalized spacial score (nSPS) is 10.8. The van der Waals surface area contributed by atoms with E-state index in [-0.39, 0.29) is 5.91 Å². The molecule has 4 nitrogen and oxygen atoms in total. The summed E-state index contributed by atoms with van der Waals surface area (Å²) in [6.07, 6.45) is 0. The maximum absolute atomic E-state index is 11.8. The molecule has 2 aromatic carbocycles. The highest BCUT2D eigenvalue weighted by atomic mass is 79.9. The second-order valence-electron chi connectivity index (χ2n) is 5.69. The van der Waals surface area contributed by atoms with Crippen LogP contribution in [0, 0.1) is 0 Å². The summed E-state index contributed by atoms with van der Waals surface area (Å²) in [6.45, 7) is 6.43. The lowest BCUT2D eigenvalue weighted by Gasteiger charge is -2.10. The molecule has 0 atom stereocenters. The quantitative estimate of drug-likeness (QED) is 0.675. The van der Waals surface area contributed by atoms with Gasteiger partial charge in [0.05, 0.1) is 17.6 Å². The Bertz CT molecular complexity index is 897. The van der Waals surface area contributed by atoms with Crippen LogP contribution in [0.3, 0.4) is 0 Å². The van der Waals surface area contributed by atoms with Crippen LogP contribution in [0.2, 0.25) is 0 Å². The molecular formula is C19H18BrN3O. The van der Waals surface area contributed by atoms with Crippen molar-refractivity contribution in [3.8, 4) is 0 Å². The summed E-state index contributed by atoms with van der Waals surface area (Å²) in [5, 5.41) is 2.87. The number of rotatable bonds is 5. The van der Waals surface area contributed by atoms with Gasteiger partial charge in [0.2, 0.25) is 5.91 Å². The monoisotopic (exact) mass is 383 g/mol. The standard InChI is InChI=1S/C19H18BrN3O/c1-13(2)19(24)21-11-18-22-16-5-3-4-6-17(16)23(18)12-14-7-9-15(20)10-8-14/h3-10H,1,11-12H2,2H3,(H,21,24). The Balaban J connectivity index is 1.94. The summed E-state index contributed by atoms with van der Waals surface area (Å²) >= 11 is 3.46. The number of carbonyl (C=O) groups is 1. The Morgan fingerprint density at radius 2 is 1.92 bits per heavy atom. The van der Waals surface area contributed by atoms with E-state index in [2.05, 4.69) is 49.5 Å². The van der Waals surface area contributed by atoms with Crippen LogP contribution >= 0.6 is 15.9 Å². The van der Waals surface area contributed by atoms with E-state index in [9.17, 15) is 4.79 Å². The molecule has 0 aliphatic rings. The average Bonchev–Trinajstić information content (AvgIpc) is 2.92. The summed E-state index contributed by atoms with van der Waals surface area (Å²) in [5.41, 5.74) is 3.65. The maximum atomic E-state index is 11.8. The highest BCUT2D eigenvalue weighted by Crippen LogP contribution is 2.19. The van der Waals surface area contributed by atoms with Crippen molar-refractivity contribution in [2.24, 2.45) is 0 Å². The summed E-state index contributed by atoms with van der Waals surface area (Å²) in [4.78, 5) is 16.5. The fourth-order valence-corrected chi connectivity index (χ4v) is 2.78. The molecular weight excluding hydrogens is 366 g/mol. The predicted molar refractivity (Wildman–Crippen MR) is 99.6 cm³/mol. The van der Waals surface area contributed by atoms with Crippen LogP contribution in [-0.4, -0.2) is 15.5 Å². The summed E-state index contributed by atoms with van der Waals surface area (Å²) in [7, 11) is 0. The van der Waals surface area contributed by atoms with Crippen molar-refractivity contribution in [1.29, 1.82) is 0 Å². The van der Waals surface area contributed by atoms with Crippen molar-refractivity contribution in [2.45, 2.75) is 20.0 Å². The number of hydrogen-bond donors (Lipinski definition) is 1. The van der Waals surface area contributed by atoms with Crippen LogP contribution in [0.1, 0.15) is 18.3 Å². The van der Waals surface area contributed by atoms with E-state index in [0.29, 0.717) is 18.7 Å². The molecule has 0 fully saturated rings. The number of halogens is 1. The van der Waals surface area contributed by atoms with Crippen LogP contribution in [0.15, 0.2) is 65.2 Å². The highest BCUT2D eigenvalue weighted by Gasteiger charge is 2.12. The molecule has 0 spiro atoms. The first-order valence-corrected chi connectivity index (χ1v) is 8.46.